The van der Waals surface area contributed by atoms with Gasteiger partial charge in [-0.1, -0.05) is 0 Å². The van der Waals surface area contributed by atoms with Crippen LogP contribution in [0.1, 0.15) is 0 Å². The van der Waals surface area contributed by atoms with E-state index >= 15 is 0 Å². The third-order valence-electron chi connectivity index (χ3n) is 1.83. The van der Waals surface area contributed by atoms with Gasteiger partial charge >= 0.3 is 0 Å². The Hall–Kier alpha value is -0.720. The van der Waals surface area contributed by atoms with Crippen LogP contribution < -0.4 is 4.90 Å². The van der Waals surface area contributed by atoms with E-state index in [1.54, 1.807) is 0 Å². The van der Waals surface area contributed by atoms with E-state index in [0.717, 1.165) is 0 Å². The molecule has 0 unspecified atom stereocenters. The van der Waals surface area contributed by atoms with E-state index in [2.05, 4.69) is 20.9 Å². The molecule has 0 aliphatic rings. The molecule has 84 valence electrons. The maximum Gasteiger partial charge on any atom is 0.166 e. The largest absolute Gasteiger partial charge is 0.395 e. The highest BCUT2D eigenvalue weighted by Crippen LogP contribution is 2.19. The fraction of sp³-hybridized carbons (Fsp3) is 0.444. The Kier molecular flexibility index (Phi) is 4.93. The van der Waals surface area contributed by atoms with Gasteiger partial charge in [-0.25, -0.2) is 9.37 Å². The number of hydrogen-bond donors (Lipinski definition) is 2. The van der Waals surface area contributed by atoms with Gasteiger partial charge in [0.25, 0.3) is 0 Å². The number of halogens is 2. The van der Waals surface area contributed by atoms with Crippen molar-refractivity contribution in [3.05, 3.63) is 22.6 Å². The molecule has 1 aromatic heterocycles. The van der Waals surface area contributed by atoms with E-state index in [1.807, 2.05) is 0 Å². The molecule has 15 heavy (non-hydrogen) atoms. The van der Waals surface area contributed by atoms with Crippen LogP contribution in [-0.2, 0) is 0 Å². The van der Waals surface area contributed by atoms with E-state index in [9.17, 15) is 4.39 Å². The van der Waals surface area contributed by atoms with E-state index in [4.69, 9.17) is 10.2 Å². The standard InChI is InChI=1S/C9H12BrFN2O2/c10-7-5-8(11)9(12-6-7)13(1-3-14)2-4-15/h5-6,14-15H,1-4H2. The van der Waals surface area contributed by atoms with Crippen LogP contribution in [-0.4, -0.2) is 41.5 Å². The number of anilines is 1. The van der Waals surface area contributed by atoms with Crippen LogP contribution in [0.5, 0.6) is 0 Å². The highest BCUT2D eigenvalue weighted by Gasteiger charge is 2.12. The minimum absolute atomic E-state index is 0.114. The van der Waals surface area contributed by atoms with E-state index in [1.165, 1.54) is 17.2 Å². The van der Waals surface area contributed by atoms with Gasteiger partial charge in [0.1, 0.15) is 0 Å². The van der Waals surface area contributed by atoms with E-state index in [0.29, 0.717) is 4.47 Å². The molecule has 1 rings (SSSR count). The highest BCUT2D eigenvalue weighted by atomic mass is 79.9. The van der Waals surface area contributed by atoms with Crippen molar-refractivity contribution in [1.82, 2.24) is 4.98 Å². The Balaban J connectivity index is 2.89. The molecular formula is C9H12BrFN2O2. The van der Waals surface area contributed by atoms with Gasteiger partial charge in [0, 0.05) is 23.8 Å². The molecule has 0 aliphatic heterocycles. The molecule has 0 aromatic carbocycles. The first-order valence-corrected chi connectivity index (χ1v) is 5.26. The summed E-state index contributed by atoms with van der Waals surface area (Å²) in [6, 6.07) is 1.30. The number of nitrogens with zero attached hydrogens (tertiary/aromatic N) is 2. The smallest absolute Gasteiger partial charge is 0.166 e. The van der Waals surface area contributed by atoms with Gasteiger partial charge in [0.05, 0.1) is 13.2 Å². The second kappa shape index (κ2) is 5.99. The summed E-state index contributed by atoms with van der Waals surface area (Å²) in [7, 11) is 0. The number of aliphatic hydroxyl groups excluding tert-OH is 2. The maximum atomic E-state index is 13.4. The SMILES string of the molecule is OCCN(CCO)c1ncc(Br)cc1F. The first-order chi connectivity index (χ1) is 7.19. The zero-order chi connectivity index (χ0) is 11.3. The number of aromatic nitrogens is 1. The lowest BCUT2D eigenvalue weighted by atomic mass is 10.4. The average molecular weight is 279 g/mol. The van der Waals surface area contributed by atoms with Crippen LogP contribution in [0.3, 0.4) is 0 Å². The van der Waals surface area contributed by atoms with E-state index < -0.39 is 5.82 Å². The molecule has 0 atom stereocenters. The number of aliphatic hydroxyl groups is 2. The molecular weight excluding hydrogens is 267 g/mol. The van der Waals surface area contributed by atoms with Gasteiger partial charge in [-0.15, -0.1) is 0 Å². The molecule has 6 heteroatoms. The number of rotatable bonds is 5. The van der Waals surface area contributed by atoms with Crippen LogP contribution >= 0.6 is 15.9 Å². The fourth-order valence-electron chi connectivity index (χ4n) is 1.21. The molecule has 0 spiro atoms. The number of hydrogen-bond acceptors (Lipinski definition) is 4. The van der Waals surface area contributed by atoms with Crippen LogP contribution in [0.2, 0.25) is 0 Å². The van der Waals surface area contributed by atoms with Crippen molar-refractivity contribution in [3.63, 3.8) is 0 Å². The molecule has 0 fully saturated rings. The molecule has 0 bridgehead atoms. The minimum Gasteiger partial charge on any atom is -0.395 e. The van der Waals surface area contributed by atoms with Crippen molar-refractivity contribution >= 4 is 21.7 Å². The van der Waals surface area contributed by atoms with Crippen LogP contribution in [0, 0.1) is 5.82 Å². The molecule has 0 saturated carbocycles. The van der Waals surface area contributed by atoms with Crippen molar-refractivity contribution in [1.29, 1.82) is 0 Å². The first-order valence-electron chi connectivity index (χ1n) is 4.46. The molecule has 2 N–H and O–H groups in total. The summed E-state index contributed by atoms with van der Waals surface area (Å²) in [6.07, 6.45) is 1.47. The lowest BCUT2D eigenvalue weighted by molar-refractivity contribution is 0.280. The Morgan fingerprint density at radius 3 is 2.40 bits per heavy atom. The molecule has 0 aliphatic carbocycles. The Labute approximate surface area is 95.5 Å². The third-order valence-corrected chi connectivity index (χ3v) is 2.26. The van der Waals surface area contributed by atoms with Gasteiger partial charge in [-0.2, -0.15) is 0 Å². The summed E-state index contributed by atoms with van der Waals surface area (Å²) in [4.78, 5) is 5.39. The van der Waals surface area contributed by atoms with Gasteiger partial charge in [-0.3, -0.25) is 0 Å². The van der Waals surface area contributed by atoms with Gasteiger partial charge in [0.2, 0.25) is 0 Å². The van der Waals surface area contributed by atoms with Gasteiger partial charge in [-0.05, 0) is 22.0 Å². The van der Waals surface area contributed by atoms with Gasteiger partial charge in [0.15, 0.2) is 11.6 Å². The zero-order valence-corrected chi connectivity index (χ0v) is 9.61. The van der Waals surface area contributed by atoms with Crippen LogP contribution in [0.25, 0.3) is 0 Å². The average Bonchev–Trinajstić information content (AvgIpc) is 2.17. The van der Waals surface area contributed by atoms with Crippen LogP contribution in [0.4, 0.5) is 10.2 Å². The summed E-state index contributed by atoms with van der Waals surface area (Å²) >= 11 is 3.10. The van der Waals surface area contributed by atoms with Crippen molar-refractivity contribution in [2.24, 2.45) is 0 Å². The summed E-state index contributed by atoms with van der Waals surface area (Å²) in [5.41, 5.74) is 0. The van der Waals surface area contributed by atoms with Crippen molar-refractivity contribution < 1.29 is 14.6 Å². The number of pyridine rings is 1. The quantitative estimate of drug-likeness (QED) is 0.836. The molecule has 4 nitrogen and oxygen atoms in total. The summed E-state index contributed by atoms with van der Waals surface area (Å²) in [5.74, 6) is -0.340. The third kappa shape index (κ3) is 3.40. The normalized spacial score (nSPS) is 10.4. The lowest BCUT2D eigenvalue weighted by Gasteiger charge is -2.21. The maximum absolute atomic E-state index is 13.4. The van der Waals surface area contributed by atoms with Crippen LogP contribution in [0.15, 0.2) is 16.7 Å². The summed E-state index contributed by atoms with van der Waals surface area (Å²) in [6.45, 7) is 0.257. The summed E-state index contributed by atoms with van der Waals surface area (Å²) < 4.78 is 14.0. The van der Waals surface area contributed by atoms with E-state index in [-0.39, 0.29) is 32.1 Å². The molecule has 0 saturated heterocycles. The molecule has 0 radical (unpaired) electrons. The lowest BCUT2D eigenvalue weighted by Crippen LogP contribution is -2.31. The Morgan fingerprint density at radius 1 is 1.33 bits per heavy atom. The first kappa shape index (κ1) is 12.4. The fourth-order valence-corrected chi connectivity index (χ4v) is 1.51. The second-order valence-corrected chi connectivity index (χ2v) is 3.81. The predicted octanol–water partition coefficient (Wildman–Crippen LogP) is 0.774. The minimum atomic E-state index is -0.480. The predicted molar refractivity (Wildman–Crippen MR) is 58.3 cm³/mol. The Bertz CT molecular complexity index is 319. The molecule has 1 aromatic rings. The topological polar surface area (TPSA) is 56.6 Å². The summed E-state index contributed by atoms with van der Waals surface area (Å²) in [5, 5.41) is 17.6. The van der Waals surface area contributed by atoms with Crippen molar-refractivity contribution in [2.45, 2.75) is 0 Å². The monoisotopic (exact) mass is 278 g/mol. The Morgan fingerprint density at radius 2 is 1.93 bits per heavy atom. The molecule has 0 amide bonds. The second-order valence-electron chi connectivity index (χ2n) is 2.89. The molecule has 1 heterocycles. The van der Waals surface area contributed by atoms with Gasteiger partial charge < -0.3 is 15.1 Å². The highest BCUT2D eigenvalue weighted by molar-refractivity contribution is 9.10. The van der Waals surface area contributed by atoms with Crippen molar-refractivity contribution in [3.8, 4) is 0 Å². The van der Waals surface area contributed by atoms with Crippen molar-refractivity contribution in [2.75, 3.05) is 31.2 Å². The zero-order valence-electron chi connectivity index (χ0n) is 8.03.